The molecule has 2 rings (SSSR count). The zero-order chi connectivity index (χ0) is 11.4. The Hall–Kier alpha value is -1.61. The molecule has 0 aliphatic rings. The highest BCUT2D eigenvalue weighted by molar-refractivity contribution is 6.30. The average molecular weight is 238 g/mol. The molecule has 0 saturated heterocycles. The summed E-state index contributed by atoms with van der Waals surface area (Å²) in [6.45, 7) is 0.291. The average Bonchev–Trinajstić information content (AvgIpc) is 2.30. The second-order valence-electron chi connectivity index (χ2n) is 3.21. The van der Waals surface area contributed by atoms with Crippen molar-refractivity contribution in [2.24, 2.45) is 0 Å². The predicted octanol–water partition coefficient (Wildman–Crippen LogP) is 3.45. The van der Waals surface area contributed by atoms with Crippen LogP contribution < -0.4 is 4.74 Å². The Morgan fingerprint density at radius 2 is 1.94 bits per heavy atom. The molecule has 0 unspecified atom stereocenters. The predicted molar refractivity (Wildman–Crippen MR) is 60.0 cm³/mol. The highest BCUT2D eigenvalue weighted by atomic mass is 35.5. The van der Waals surface area contributed by atoms with Crippen molar-refractivity contribution in [2.45, 2.75) is 6.61 Å². The van der Waals surface area contributed by atoms with Gasteiger partial charge in [0.1, 0.15) is 6.61 Å². The van der Waals surface area contributed by atoms with Crippen LogP contribution >= 0.6 is 11.6 Å². The molecule has 16 heavy (non-hydrogen) atoms. The third-order valence-electron chi connectivity index (χ3n) is 2.03. The summed E-state index contributed by atoms with van der Waals surface area (Å²) >= 11 is 5.74. The van der Waals surface area contributed by atoms with Crippen LogP contribution in [0.4, 0.5) is 4.39 Å². The van der Waals surface area contributed by atoms with E-state index in [1.54, 1.807) is 18.2 Å². The van der Waals surface area contributed by atoms with Crippen molar-refractivity contribution in [3.63, 3.8) is 0 Å². The first-order chi connectivity index (χ1) is 7.75. The fourth-order valence-corrected chi connectivity index (χ4v) is 1.35. The van der Waals surface area contributed by atoms with Gasteiger partial charge in [0, 0.05) is 11.2 Å². The Labute approximate surface area is 97.7 Å². The quantitative estimate of drug-likeness (QED) is 0.763. The summed E-state index contributed by atoms with van der Waals surface area (Å²) in [6.07, 6.45) is 1.38. The van der Waals surface area contributed by atoms with E-state index in [4.69, 9.17) is 16.3 Å². The number of benzene rings is 1. The van der Waals surface area contributed by atoms with Gasteiger partial charge in [0.05, 0.1) is 0 Å². The van der Waals surface area contributed by atoms with E-state index in [1.807, 2.05) is 12.1 Å². The standard InChI is InChI=1S/C12H9ClFNO/c13-10-5-3-9(4-6-10)8-16-11-2-1-7-15-12(11)14/h1-7H,8H2. The fraction of sp³-hybridized carbons (Fsp3) is 0.0833. The lowest BCUT2D eigenvalue weighted by Crippen LogP contribution is -1.98. The lowest BCUT2D eigenvalue weighted by Gasteiger charge is -2.06. The second kappa shape index (κ2) is 4.94. The third kappa shape index (κ3) is 2.70. The Balaban J connectivity index is 2.02. The Kier molecular flexibility index (Phi) is 3.37. The molecule has 1 aromatic heterocycles. The molecular weight excluding hydrogens is 229 g/mol. The van der Waals surface area contributed by atoms with Crippen molar-refractivity contribution >= 4 is 11.6 Å². The monoisotopic (exact) mass is 237 g/mol. The molecule has 0 radical (unpaired) electrons. The zero-order valence-electron chi connectivity index (χ0n) is 8.36. The van der Waals surface area contributed by atoms with E-state index in [9.17, 15) is 4.39 Å². The van der Waals surface area contributed by atoms with Crippen LogP contribution in [0.3, 0.4) is 0 Å². The molecule has 2 aromatic rings. The number of pyridine rings is 1. The molecular formula is C12H9ClFNO. The van der Waals surface area contributed by atoms with Gasteiger partial charge in [0.15, 0.2) is 5.75 Å². The summed E-state index contributed by atoms with van der Waals surface area (Å²) in [7, 11) is 0. The molecule has 0 spiro atoms. The maximum absolute atomic E-state index is 13.1. The van der Waals surface area contributed by atoms with Gasteiger partial charge in [0.2, 0.25) is 0 Å². The van der Waals surface area contributed by atoms with Gasteiger partial charge in [-0.1, -0.05) is 23.7 Å². The van der Waals surface area contributed by atoms with E-state index >= 15 is 0 Å². The minimum absolute atomic E-state index is 0.150. The Morgan fingerprint density at radius 3 is 2.62 bits per heavy atom. The zero-order valence-corrected chi connectivity index (χ0v) is 9.12. The van der Waals surface area contributed by atoms with Crippen molar-refractivity contribution in [1.29, 1.82) is 0 Å². The van der Waals surface area contributed by atoms with Crippen LogP contribution in [0.15, 0.2) is 42.6 Å². The second-order valence-corrected chi connectivity index (χ2v) is 3.64. The summed E-state index contributed by atoms with van der Waals surface area (Å²) in [5.74, 6) is -0.450. The van der Waals surface area contributed by atoms with E-state index in [0.717, 1.165) is 5.56 Å². The van der Waals surface area contributed by atoms with Crippen molar-refractivity contribution < 1.29 is 9.13 Å². The molecule has 4 heteroatoms. The van der Waals surface area contributed by atoms with Gasteiger partial charge in [-0.3, -0.25) is 0 Å². The summed E-state index contributed by atoms with van der Waals surface area (Å²) < 4.78 is 18.4. The maximum Gasteiger partial charge on any atom is 0.255 e. The number of ether oxygens (including phenoxy) is 1. The number of rotatable bonds is 3. The number of nitrogens with zero attached hydrogens (tertiary/aromatic N) is 1. The van der Waals surface area contributed by atoms with Gasteiger partial charge in [-0.15, -0.1) is 0 Å². The van der Waals surface area contributed by atoms with Crippen molar-refractivity contribution in [2.75, 3.05) is 0 Å². The SMILES string of the molecule is Fc1ncccc1OCc1ccc(Cl)cc1. The molecule has 0 atom stereocenters. The first kappa shape index (κ1) is 10.9. The number of hydrogen-bond acceptors (Lipinski definition) is 2. The first-order valence-electron chi connectivity index (χ1n) is 4.73. The van der Waals surface area contributed by atoms with Gasteiger partial charge in [-0.25, -0.2) is 4.98 Å². The van der Waals surface area contributed by atoms with E-state index in [2.05, 4.69) is 4.98 Å². The van der Waals surface area contributed by atoms with Crippen molar-refractivity contribution in [3.8, 4) is 5.75 Å². The lowest BCUT2D eigenvalue weighted by atomic mass is 10.2. The number of halogens is 2. The summed E-state index contributed by atoms with van der Waals surface area (Å²) in [4.78, 5) is 3.49. The molecule has 82 valence electrons. The summed E-state index contributed by atoms with van der Waals surface area (Å²) in [6, 6.07) is 10.4. The van der Waals surface area contributed by atoms with Crippen LogP contribution in [0.5, 0.6) is 5.75 Å². The molecule has 2 nitrogen and oxygen atoms in total. The minimum Gasteiger partial charge on any atom is -0.484 e. The molecule has 1 heterocycles. The molecule has 0 fully saturated rings. The van der Waals surface area contributed by atoms with Crippen LogP contribution in [0.1, 0.15) is 5.56 Å². The van der Waals surface area contributed by atoms with Crippen LogP contribution in [0.25, 0.3) is 0 Å². The molecule has 0 bridgehead atoms. The Bertz CT molecular complexity index is 473. The lowest BCUT2D eigenvalue weighted by molar-refractivity contribution is 0.286. The third-order valence-corrected chi connectivity index (χ3v) is 2.28. The maximum atomic E-state index is 13.1. The van der Waals surface area contributed by atoms with Crippen LogP contribution in [0.2, 0.25) is 5.02 Å². The van der Waals surface area contributed by atoms with Crippen molar-refractivity contribution in [1.82, 2.24) is 4.98 Å². The minimum atomic E-state index is -0.600. The molecule has 0 aliphatic heterocycles. The summed E-state index contributed by atoms with van der Waals surface area (Å²) in [5, 5.41) is 0.663. The van der Waals surface area contributed by atoms with Gasteiger partial charge in [-0.05, 0) is 29.8 Å². The molecule has 0 amide bonds. The first-order valence-corrected chi connectivity index (χ1v) is 5.11. The molecule has 0 aliphatic carbocycles. The van der Waals surface area contributed by atoms with Crippen LogP contribution in [0, 0.1) is 5.95 Å². The highest BCUT2D eigenvalue weighted by Gasteiger charge is 2.02. The Morgan fingerprint density at radius 1 is 1.19 bits per heavy atom. The normalized spacial score (nSPS) is 10.1. The van der Waals surface area contributed by atoms with Gasteiger partial charge >= 0.3 is 0 Å². The molecule has 0 N–H and O–H groups in total. The largest absolute Gasteiger partial charge is 0.484 e. The molecule has 0 saturated carbocycles. The molecule has 1 aromatic carbocycles. The van der Waals surface area contributed by atoms with Crippen LogP contribution in [-0.4, -0.2) is 4.98 Å². The highest BCUT2D eigenvalue weighted by Crippen LogP contribution is 2.16. The van der Waals surface area contributed by atoms with E-state index in [0.29, 0.717) is 11.6 Å². The fourth-order valence-electron chi connectivity index (χ4n) is 1.22. The van der Waals surface area contributed by atoms with E-state index in [1.165, 1.54) is 12.3 Å². The van der Waals surface area contributed by atoms with Crippen molar-refractivity contribution in [3.05, 3.63) is 59.1 Å². The topological polar surface area (TPSA) is 22.1 Å². The van der Waals surface area contributed by atoms with Gasteiger partial charge in [-0.2, -0.15) is 4.39 Å². The number of hydrogen-bond donors (Lipinski definition) is 0. The number of aromatic nitrogens is 1. The van der Waals surface area contributed by atoms with Crippen LogP contribution in [-0.2, 0) is 6.61 Å². The van der Waals surface area contributed by atoms with Gasteiger partial charge < -0.3 is 4.74 Å². The van der Waals surface area contributed by atoms with Gasteiger partial charge in [0.25, 0.3) is 5.95 Å². The van der Waals surface area contributed by atoms with E-state index < -0.39 is 5.95 Å². The van der Waals surface area contributed by atoms with E-state index in [-0.39, 0.29) is 5.75 Å². The smallest absolute Gasteiger partial charge is 0.255 e. The summed E-state index contributed by atoms with van der Waals surface area (Å²) in [5.41, 5.74) is 0.924.